The van der Waals surface area contributed by atoms with E-state index in [4.69, 9.17) is 0 Å². The lowest BCUT2D eigenvalue weighted by atomic mass is 9.87. The predicted molar refractivity (Wildman–Crippen MR) is 86.6 cm³/mol. The minimum atomic E-state index is 0.731. The number of nitrogens with zero attached hydrogens (tertiary/aromatic N) is 1. The molecule has 1 aliphatic heterocycles. The molecule has 2 unspecified atom stereocenters. The van der Waals surface area contributed by atoms with Gasteiger partial charge in [-0.1, -0.05) is 24.6 Å². The van der Waals surface area contributed by atoms with Gasteiger partial charge in [0.05, 0.1) is 0 Å². The number of fused-ring (bicyclic) bond motifs is 1. The Hall–Kier alpha value is -1.02. The molecular formula is C18H28N2. The molecule has 0 bridgehead atoms. The van der Waals surface area contributed by atoms with E-state index in [0.29, 0.717) is 0 Å². The average molecular weight is 272 g/mol. The Balaban J connectivity index is 1.78. The van der Waals surface area contributed by atoms with E-state index in [9.17, 15) is 0 Å². The van der Waals surface area contributed by atoms with Gasteiger partial charge in [-0.2, -0.15) is 0 Å². The van der Waals surface area contributed by atoms with Gasteiger partial charge in [0.2, 0.25) is 0 Å². The summed E-state index contributed by atoms with van der Waals surface area (Å²) in [4.78, 5) is 2.71. The van der Waals surface area contributed by atoms with Crippen LogP contribution in [-0.4, -0.2) is 25.2 Å². The smallest absolute Gasteiger partial charge is 0.0401 e. The predicted octanol–water partition coefficient (Wildman–Crippen LogP) is 3.67. The normalized spacial score (nSPS) is 26.4. The number of benzene rings is 1. The molecule has 0 saturated heterocycles. The maximum absolute atomic E-state index is 3.66. The topological polar surface area (TPSA) is 15.3 Å². The van der Waals surface area contributed by atoms with Crippen molar-refractivity contribution < 1.29 is 0 Å². The number of rotatable bonds is 3. The minimum Gasteiger partial charge on any atom is -0.368 e. The Morgan fingerprint density at radius 3 is 3.00 bits per heavy atom. The Morgan fingerprint density at radius 1 is 1.25 bits per heavy atom. The number of hydrogen-bond acceptors (Lipinski definition) is 2. The summed E-state index contributed by atoms with van der Waals surface area (Å²) < 4.78 is 0. The largest absolute Gasteiger partial charge is 0.368 e. The number of anilines is 1. The minimum absolute atomic E-state index is 0.731. The molecule has 2 atom stereocenters. The fraction of sp³-hybridized carbons (Fsp3) is 0.667. The molecule has 2 heteroatoms. The molecule has 1 aromatic rings. The Morgan fingerprint density at radius 2 is 2.15 bits per heavy atom. The van der Waals surface area contributed by atoms with Gasteiger partial charge in [-0.25, -0.2) is 0 Å². The van der Waals surface area contributed by atoms with Gasteiger partial charge in [0, 0.05) is 24.3 Å². The van der Waals surface area contributed by atoms with E-state index in [1.165, 1.54) is 56.3 Å². The zero-order valence-electron chi connectivity index (χ0n) is 13.0. The van der Waals surface area contributed by atoms with Crippen LogP contribution in [0.2, 0.25) is 0 Å². The molecule has 1 saturated carbocycles. The molecular weight excluding hydrogens is 244 g/mol. The Kier molecular flexibility index (Phi) is 4.30. The van der Waals surface area contributed by atoms with Gasteiger partial charge in [0.15, 0.2) is 0 Å². The van der Waals surface area contributed by atoms with E-state index in [-0.39, 0.29) is 0 Å². The van der Waals surface area contributed by atoms with Crippen molar-refractivity contribution >= 4 is 5.69 Å². The Bertz CT molecular complexity index is 453. The molecule has 1 aliphatic carbocycles. The van der Waals surface area contributed by atoms with Crippen molar-refractivity contribution in [1.82, 2.24) is 5.32 Å². The SMILES string of the molecule is CCNC1CCCC(N2CCCc3cc(C)ccc32)C1. The van der Waals surface area contributed by atoms with E-state index in [1.54, 1.807) is 5.56 Å². The van der Waals surface area contributed by atoms with Crippen LogP contribution < -0.4 is 10.2 Å². The lowest BCUT2D eigenvalue weighted by Crippen LogP contribution is -2.46. The highest BCUT2D eigenvalue weighted by molar-refractivity contribution is 5.57. The van der Waals surface area contributed by atoms with E-state index in [2.05, 4.69) is 42.3 Å². The van der Waals surface area contributed by atoms with Crippen LogP contribution in [0, 0.1) is 6.92 Å². The summed E-state index contributed by atoms with van der Waals surface area (Å²) in [6.45, 7) is 6.79. The maximum atomic E-state index is 3.66. The highest BCUT2D eigenvalue weighted by Crippen LogP contribution is 2.34. The van der Waals surface area contributed by atoms with Gasteiger partial charge in [-0.3, -0.25) is 0 Å². The van der Waals surface area contributed by atoms with Crippen LogP contribution in [0.3, 0.4) is 0 Å². The van der Waals surface area contributed by atoms with E-state index >= 15 is 0 Å². The molecule has 0 radical (unpaired) electrons. The monoisotopic (exact) mass is 272 g/mol. The third-order valence-electron chi connectivity index (χ3n) is 4.97. The van der Waals surface area contributed by atoms with E-state index in [1.807, 2.05) is 0 Å². The van der Waals surface area contributed by atoms with Crippen LogP contribution in [0.25, 0.3) is 0 Å². The first-order valence-electron chi connectivity index (χ1n) is 8.37. The molecule has 1 fully saturated rings. The van der Waals surface area contributed by atoms with Crippen molar-refractivity contribution in [3.8, 4) is 0 Å². The highest BCUT2D eigenvalue weighted by Gasteiger charge is 2.29. The Labute approximate surface area is 123 Å². The van der Waals surface area contributed by atoms with Gasteiger partial charge in [0.1, 0.15) is 0 Å². The van der Waals surface area contributed by atoms with Crippen LogP contribution in [0.4, 0.5) is 5.69 Å². The van der Waals surface area contributed by atoms with Crippen LogP contribution in [0.1, 0.15) is 50.2 Å². The second-order valence-electron chi connectivity index (χ2n) is 6.50. The van der Waals surface area contributed by atoms with Crippen molar-refractivity contribution in [3.63, 3.8) is 0 Å². The molecule has 0 aromatic heterocycles. The summed E-state index contributed by atoms with van der Waals surface area (Å²) in [5.41, 5.74) is 4.49. The van der Waals surface area contributed by atoms with Crippen LogP contribution in [0.15, 0.2) is 18.2 Å². The van der Waals surface area contributed by atoms with Crippen molar-refractivity contribution in [2.24, 2.45) is 0 Å². The summed E-state index contributed by atoms with van der Waals surface area (Å²) in [5.74, 6) is 0. The molecule has 0 amide bonds. The summed E-state index contributed by atoms with van der Waals surface area (Å²) in [6.07, 6.45) is 8.00. The first-order chi connectivity index (χ1) is 9.78. The molecule has 3 rings (SSSR count). The van der Waals surface area contributed by atoms with Crippen molar-refractivity contribution in [2.75, 3.05) is 18.0 Å². The number of hydrogen-bond donors (Lipinski definition) is 1. The fourth-order valence-electron chi connectivity index (χ4n) is 4.06. The van der Waals surface area contributed by atoms with Crippen molar-refractivity contribution in [3.05, 3.63) is 29.3 Å². The van der Waals surface area contributed by atoms with Gasteiger partial charge < -0.3 is 10.2 Å². The van der Waals surface area contributed by atoms with Gasteiger partial charge in [-0.05, 0) is 63.6 Å². The molecule has 20 heavy (non-hydrogen) atoms. The third kappa shape index (κ3) is 2.85. The molecule has 2 nitrogen and oxygen atoms in total. The van der Waals surface area contributed by atoms with Crippen LogP contribution >= 0.6 is 0 Å². The molecule has 2 aliphatic rings. The van der Waals surface area contributed by atoms with Crippen molar-refractivity contribution in [2.45, 2.75) is 64.5 Å². The second-order valence-corrected chi connectivity index (χ2v) is 6.50. The molecule has 1 heterocycles. The van der Waals surface area contributed by atoms with Gasteiger partial charge >= 0.3 is 0 Å². The maximum Gasteiger partial charge on any atom is 0.0401 e. The second kappa shape index (κ2) is 6.17. The molecule has 1 aromatic carbocycles. The molecule has 1 N–H and O–H groups in total. The fourth-order valence-corrected chi connectivity index (χ4v) is 4.06. The number of nitrogens with one attached hydrogen (secondary N) is 1. The summed E-state index contributed by atoms with van der Waals surface area (Å²) >= 11 is 0. The lowest BCUT2D eigenvalue weighted by molar-refractivity contribution is 0.328. The highest BCUT2D eigenvalue weighted by atomic mass is 15.2. The lowest BCUT2D eigenvalue weighted by Gasteiger charge is -2.42. The first-order valence-corrected chi connectivity index (χ1v) is 8.37. The van der Waals surface area contributed by atoms with Crippen molar-refractivity contribution in [1.29, 1.82) is 0 Å². The van der Waals surface area contributed by atoms with E-state index < -0.39 is 0 Å². The summed E-state index contributed by atoms with van der Waals surface area (Å²) in [6, 6.07) is 8.51. The first kappa shape index (κ1) is 13.9. The average Bonchev–Trinajstić information content (AvgIpc) is 2.47. The van der Waals surface area contributed by atoms with Crippen LogP contribution in [-0.2, 0) is 6.42 Å². The van der Waals surface area contributed by atoms with E-state index in [0.717, 1.165) is 18.6 Å². The van der Waals surface area contributed by atoms with Gasteiger partial charge in [0.25, 0.3) is 0 Å². The van der Waals surface area contributed by atoms with Gasteiger partial charge in [-0.15, -0.1) is 0 Å². The molecule has 110 valence electrons. The van der Waals surface area contributed by atoms with Crippen LogP contribution in [0.5, 0.6) is 0 Å². The zero-order chi connectivity index (χ0) is 13.9. The summed E-state index contributed by atoms with van der Waals surface area (Å²) in [5, 5.41) is 3.66. The quantitative estimate of drug-likeness (QED) is 0.903. The zero-order valence-corrected chi connectivity index (χ0v) is 13.0. The third-order valence-corrected chi connectivity index (χ3v) is 4.97. The standard InChI is InChI=1S/C18H28N2/c1-3-19-16-7-4-8-17(13-16)20-11-5-6-15-12-14(2)9-10-18(15)20/h9-10,12,16-17,19H,3-8,11,13H2,1-2H3. The summed E-state index contributed by atoms with van der Waals surface area (Å²) in [7, 11) is 0. The number of aryl methyl sites for hydroxylation is 2. The molecule has 0 spiro atoms.